The largest absolute Gasteiger partial charge is 0.461 e. The van der Waals surface area contributed by atoms with Crippen LogP contribution in [0.1, 0.15) is 24.2 Å². The van der Waals surface area contributed by atoms with Gasteiger partial charge in [-0.1, -0.05) is 25.1 Å². The van der Waals surface area contributed by atoms with Crippen LogP contribution in [0.25, 0.3) is 11.0 Å². The molecule has 0 bridgehead atoms. The Morgan fingerprint density at radius 1 is 1.19 bits per heavy atom. The number of furan rings is 1. The molecule has 1 aliphatic heterocycles. The van der Waals surface area contributed by atoms with Crippen molar-refractivity contribution in [1.82, 2.24) is 0 Å². The van der Waals surface area contributed by atoms with E-state index in [0.717, 1.165) is 24.6 Å². The van der Waals surface area contributed by atoms with Gasteiger partial charge in [0.1, 0.15) is 11.3 Å². The van der Waals surface area contributed by atoms with Gasteiger partial charge in [-0.05, 0) is 18.9 Å². The molecule has 0 radical (unpaired) electrons. The zero-order chi connectivity index (χ0) is 11.1. The smallest absolute Gasteiger partial charge is 0.134 e. The molecular formula is C14H16O2. The molecule has 0 spiro atoms. The van der Waals surface area contributed by atoms with Gasteiger partial charge in [0.05, 0.1) is 6.61 Å². The standard InChI is InChI=1S/C14H16O2/c1-9-7-15-8-12(9)14-10(2)16-13-6-4-3-5-11(13)14/h3-6,9,12H,7-8H2,1-2H3. The molecule has 2 heteroatoms. The molecule has 2 atom stereocenters. The molecule has 0 aliphatic carbocycles. The Balaban J connectivity index is 2.18. The molecule has 2 aromatic rings. The van der Waals surface area contributed by atoms with Crippen molar-refractivity contribution in [2.75, 3.05) is 13.2 Å². The second kappa shape index (κ2) is 3.63. The fourth-order valence-corrected chi connectivity index (χ4v) is 2.68. The predicted octanol–water partition coefficient (Wildman–Crippen LogP) is 3.49. The van der Waals surface area contributed by atoms with Crippen molar-refractivity contribution >= 4 is 11.0 Å². The van der Waals surface area contributed by atoms with Gasteiger partial charge in [0.2, 0.25) is 0 Å². The molecule has 16 heavy (non-hydrogen) atoms. The van der Waals surface area contributed by atoms with Crippen molar-refractivity contribution in [3.05, 3.63) is 35.6 Å². The molecule has 0 N–H and O–H groups in total. The molecule has 1 aliphatic rings. The summed E-state index contributed by atoms with van der Waals surface area (Å²) in [4.78, 5) is 0. The zero-order valence-corrected chi connectivity index (χ0v) is 9.69. The van der Waals surface area contributed by atoms with Crippen LogP contribution in [0.5, 0.6) is 0 Å². The van der Waals surface area contributed by atoms with E-state index < -0.39 is 0 Å². The highest BCUT2D eigenvalue weighted by molar-refractivity contribution is 5.82. The molecule has 0 amide bonds. The van der Waals surface area contributed by atoms with Gasteiger partial charge in [-0.25, -0.2) is 0 Å². The summed E-state index contributed by atoms with van der Waals surface area (Å²) in [7, 11) is 0. The van der Waals surface area contributed by atoms with Gasteiger partial charge in [-0.2, -0.15) is 0 Å². The van der Waals surface area contributed by atoms with Crippen LogP contribution in [-0.2, 0) is 4.74 Å². The normalized spacial score (nSPS) is 25.4. The van der Waals surface area contributed by atoms with E-state index in [-0.39, 0.29) is 0 Å². The van der Waals surface area contributed by atoms with Gasteiger partial charge in [-0.3, -0.25) is 0 Å². The summed E-state index contributed by atoms with van der Waals surface area (Å²) in [5.41, 5.74) is 2.34. The van der Waals surface area contributed by atoms with Crippen molar-refractivity contribution in [1.29, 1.82) is 0 Å². The number of rotatable bonds is 1. The first kappa shape index (κ1) is 9.91. The van der Waals surface area contributed by atoms with Crippen LogP contribution in [0.3, 0.4) is 0 Å². The van der Waals surface area contributed by atoms with E-state index in [2.05, 4.69) is 26.0 Å². The van der Waals surface area contributed by atoms with E-state index in [9.17, 15) is 0 Å². The van der Waals surface area contributed by atoms with Crippen LogP contribution >= 0.6 is 0 Å². The van der Waals surface area contributed by atoms with Crippen molar-refractivity contribution < 1.29 is 9.15 Å². The van der Waals surface area contributed by atoms with Crippen molar-refractivity contribution in [2.24, 2.45) is 5.92 Å². The summed E-state index contributed by atoms with van der Waals surface area (Å²) >= 11 is 0. The highest BCUT2D eigenvalue weighted by Gasteiger charge is 2.30. The molecular weight excluding hydrogens is 200 g/mol. The Morgan fingerprint density at radius 2 is 2.00 bits per heavy atom. The monoisotopic (exact) mass is 216 g/mol. The van der Waals surface area contributed by atoms with Crippen molar-refractivity contribution in [3.63, 3.8) is 0 Å². The van der Waals surface area contributed by atoms with E-state index in [4.69, 9.17) is 9.15 Å². The van der Waals surface area contributed by atoms with Gasteiger partial charge < -0.3 is 9.15 Å². The molecule has 1 fully saturated rings. The molecule has 0 saturated carbocycles. The SMILES string of the molecule is Cc1oc2ccccc2c1C1COCC1C. The van der Waals surface area contributed by atoms with Crippen LogP contribution < -0.4 is 0 Å². The number of aryl methyl sites for hydroxylation is 1. The van der Waals surface area contributed by atoms with Crippen LogP contribution in [0.2, 0.25) is 0 Å². The first-order valence-electron chi connectivity index (χ1n) is 5.83. The molecule has 2 unspecified atom stereocenters. The Hall–Kier alpha value is -1.28. The van der Waals surface area contributed by atoms with E-state index >= 15 is 0 Å². The highest BCUT2D eigenvalue weighted by atomic mass is 16.5. The van der Waals surface area contributed by atoms with Crippen LogP contribution in [-0.4, -0.2) is 13.2 Å². The number of hydrogen-bond donors (Lipinski definition) is 0. The topological polar surface area (TPSA) is 22.4 Å². The molecule has 84 valence electrons. The Morgan fingerprint density at radius 3 is 2.75 bits per heavy atom. The van der Waals surface area contributed by atoms with Crippen molar-refractivity contribution in [2.45, 2.75) is 19.8 Å². The van der Waals surface area contributed by atoms with Gasteiger partial charge in [-0.15, -0.1) is 0 Å². The summed E-state index contributed by atoms with van der Waals surface area (Å²) in [6.45, 7) is 5.99. The van der Waals surface area contributed by atoms with E-state index in [0.29, 0.717) is 11.8 Å². The maximum absolute atomic E-state index is 5.80. The molecule has 3 rings (SSSR count). The first-order chi connectivity index (χ1) is 7.77. The van der Waals surface area contributed by atoms with Gasteiger partial charge in [0.15, 0.2) is 0 Å². The molecule has 1 saturated heterocycles. The summed E-state index contributed by atoms with van der Waals surface area (Å²) in [5, 5.41) is 1.25. The average molecular weight is 216 g/mol. The minimum atomic E-state index is 0.489. The molecule has 2 nitrogen and oxygen atoms in total. The van der Waals surface area contributed by atoms with E-state index in [1.807, 2.05) is 12.1 Å². The number of fused-ring (bicyclic) bond motifs is 1. The van der Waals surface area contributed by atoms with Crippen LogP contribution in [0, 0.1) is 12.8 Å². The molecule has 1 aromatic heterocycles. The Kier molecular flexibility index (Phi) is 2.25. The third-order valence-electron chi connectivity index (χ3n) is 3.56. The third kappa shape index (κ3) is 1.37. The van der Waals surface area contributed by atoms with Crippen LogP contribution in [0.4, 0.5) is 0 Å². The van der Waals surface area contributed by atoms with Gasteiger partial charge in [0, 0.05) is 23.5 Å². The number of para-hydroxylation sites is 1. The maximum atomic E-state index is 5.80. The number of benzene rings is 1. The van der Waals surface area contributed by atoms with Crippen LogP contribution in [0.15, 0.2) is 28.7 Å². The molecule has 1 aromatic carbocycles. The lowest BCUT2D eigenvalue weighted by molar-refractivity contribution is 0.186. The average Bonchev–Trinajstić information content (AvgIpc) is 2.81. The first-order valence-corrected chi connectivity index (χ1v) is 5.83. The second-order valence-corrected chi connectivity index (χ2v) is 4.69. The predicted molar refractivity (Wildman–Crippen MR) is 63.7 cm³/mol. The minimum absolute atomic E-state index is 0.489. The summed E-state index contributed by atoms with van der Waals surface area (Å²) in [6, 6.07) is 8.27. The van der Waals surface area contributed by atoms with Crippen molar-refractivity contribution in [3.8, 4) is 0 Å². The summed E-state index contributed by atoms with van der Waals surface area (Å²) in [5.74, 6) is 2.12. The third-order valence-corrected chi connectivity index (χ3v) is 3.56. The highest BCUT2D eigenvalue weighted by Crippen LogP contribution is 2.38. The lowest BCUT2D eigenvalue weighted by Crippen LogP contribution is -2.07. The van der Waals surface area contributed by atoms with Gasteiger partial charge in [0.25, 0.3) is 0 Å². The lowest BCUT2D eigenvalue weighted by Gasteiger charge is -2.12. The Labute approximate surface area is 95.2 Å². The quantitative estimate of drug-likeness (QED) is 0.728. The minimum Gasteiger partial charge on any atom is -0.461 e. The van der Waals surface area contributed by atoms with E-state index in [1.54, 1.807) is 0 Å². The summed E-state index contributed by atoms with van der Waals surface area (Å²) < 4.78 is 11.4. The second-order valence-electron chi connectivity index (χ2n) is 4.69. The Bertz CT molecular complexity index is 512. The number of hydrogen-bond acceptors (Lipinski definition) is 2. The zero-order valence-electron chi connectivity index (χ0n) is 9.69. The number of ether oxygens (including phenoxy) is 1. The van der Waals surface area contributed by atoms with E-state index in [1.165, 1.54) is 10.9 Å². The lowest BCUT2D eigenvalue weighted by atomic mass is 9.88. The van der Waals surface area contributed by atoms with Gasteiger partial charge >= 0.3 is 0 Å². The molecule has 2 heterocycles. The fourth-order valence-electron chi connectivity index (χ4n) is 2.68. The summed E-state index contributed by atoms with van der Waals surface area (Å²) in [6.07, 6.45) is 0. The fraction of sp³-hybridized carbons (Fsp3) is 0.429. The maximum Gasteiger partial charge on any atom is 0.134 e.